The fraction of sp³-hybridized carbons (Fsp3) is 0.444. The number of ether oxygens (including phenoxy) is 2. The molecule has 41 heavy (non-hydrogen) atoms. The van der Waals surface area contributed by atoms with Crippen LogP contribution in [-0.2, 0) is 9.47 Å². The first-order valence-electron chi connectivity index (χ1n) is 12.7. The fourth-order valence-electron chi connectivity index (χ4n) is 5.37. The molecule has 5 rings (SSSR count). The van der Waals surface area contributed by atoms with E-state index in [1.54, 1.807) is 30.3 Å². The molecule has 10 atom stereocenters. The molecule has 0 aliphatic carbocycles. The average Bonchev–Trinajstić information content (AvgIpc) is 2.97. The molecule has 2 fully saturated rings. The number of phenols is 2. The quantitative estimate of drug-likeness (QED) is 0.156. The molecule has 3 heterocycles. The van der Waals surface area contributed by atoms with Gasteiger partial charge in [0.25, 0.3) is 0 Å². The monoisotopic (exact) mass is 578 g/mol. The average molecular weight is 579 g/mol. The Morgan fingerprint density at radius 3 is 1.68 bits per heavy atom. The first-order chi connectivity index (χ1) is 19.5. The van der Waals surface area contributed by atoms with Gasteiger partial charge in [0.15, 0.2) is 11.0 Å². The van der Waals surface area contributed by atoms with Crippen LogP contribution in [0.25, 0.3) is 22.3 Å². The molecule has 222 valence electrons. The number of phenolic OH excluding ortho intramolecular Hbond substituents is 2. The smallest absolute Gasteiger partial charge is 0.197 e. The van der Waals surface area contributed by atoms with Crippen molar-refractivity contribution in [3.8, 4) is 22.8 Å². The minimum absolute atomic E-state index is 0.0201. The molecular weight excluding hydrogens is 548 g/mol. The van der Waals surface area contributed by atoms with Crippen molar-refractivity contribution < 1.29 is 65.0 Å². The second kappa shape index (κ2) is 11.3. The highest BCUT2D eigenvalue weighted by Crippen LogP contribution is 2.50. The van der Waals surface area contributed by atoms with Crippen LogP contribution in [0.4, 0.5) is 0 Å². The summed E-state index contributed by atoms with van der Waals surface area (Å²) < 4.78 is 17.1. The summed E-state index contributed by atoms with van der Waals surface area (Å²) in [5.41, 5.74) is -2.12. The largest absolute Gasteiger partial charge is 0.507 e. The van der Waals surface area contributed by atoms with Crippen LogP contribution in [-0.4, -0.2) is 113 Å². The predicted octanol–water partition coefficient (Wildman–Crippen LogP) is -2.10. The van der Waals surface area contributed by atoms with Gasteiger partial charge < -0.3 is 65.0 Å². The Morgan fingerprint density at radius 2 is 1.17 bits per heavy atom. The van der Waals surface area contributed by atoms with Crippen molar-refractivity contribution in [2.45, 2.75) is 61.0 Å². The summed E-state index contributed by atoms with van der Waals surface area (Å²) in [7, 11) is 0. The number of hydrogen-bond donors (Lipinski definition) is 10. The van der Waals surface area contributed by atoms with Crippen LogP contribution in [0.15, 0.2) is 45.6 Å². The summed E-state index contributed by atoms with van der Waals surface area (Å²) in [4.78, 5) is 13.4. The molecule has 0 radical (unpaired) electrons. The number of aromatic hydroxyl groups is 2. The van der Waals surface area contributed by atoms with E-state index in [1.165, 1.54) is 0 Å². The Kier molecular flexibility index (Phi) is 8.06. The van der Waals surface area contributed by atoms with Crippen molar-refractivity contribution in [2.24, 2.45) is 0 Å². The third-order valence-electron chi connectivity index (χ3n) is 7.61. The fourth-order valence-corrected chi connectivity index (χ4v) is 5.37. The topological polar surface area (TPSA) is 251 Å². The van der Waals surface area contributed by atoms with Gasteiger partial charge in [0.1, 0.15) is 83.7 Å². The number of aliphatic hydroxyl groups excluding tert-OH is 8. The van der Waals surface area contributed by atoms with E-state index in [-0.39, 0.29) is 5.76 Å². The number of fused-ring (bicyclic) bond motifs is 1. The van der Waals surface area contributed by atoms with E-state index < -0.39 is 113 Å². The lowest BCUT2D eigenvalue weighted by Gasteiger charge is -2.42. The third kappa shape index (κ3) is 4.77. The van der Waals surface area contributed by atoms with Crippen LogP contribution in [0, 0.1) is 0 Å². The van der Waals surface area contributed by atoms with Gasteiger partial charge in [-0.05, 0) is 0 Å². The van der Waals surface area contributed by atoms with E-state index in [4.69, 9.17) is 13.9 Å². The molecule has 0 spiro atoms. The summed E-state index contributed by atoms with van der Waals surface area (Å²) in [6, 6.07) is 9.30. The molecule has 10 N–H and O–H groups in total. The second-order valence-electron chi connectivity index (χ2n) is 10.1. The first-order valence-corrected chi connectivity index (χ1v) is 12.7. The minimum atomic E-state index is -2.00. The highest BCUT2D eigenvalue weighted by atomic mass is 16.6. The molecule has 1 aromatic heterocycles. The number of rotatable bonds is 5. The lowest BCUT2D eigenvalue weighted by Crippen LogP contribution is -2.55. The first kappa shape index (κ1) is 29.3. The van der Waals surface area contributed by atoms with Gasteiger partial charge in [0.2, 0.25) is 0 Å². The van der Waals surface area contributed by atoms with Crippen LogP contribution in [0.1, 0.15) is 23.3 Å². The molecule has 2 saturated heterocycles. The van der Waals surface area contributed by atoms with E-state index in [0.717, 1.165) is 6.07 Å². The summed E-state index contributed by atoms with van der Waals surface area (Å²) in [5, 5.41) is 105. The summed E-state index contributed by atoms with van der Waals surface area (Å²) >= 11 is 0. The molecule has 0 amide bonds. The Bertz CT molecular complexity index is 1450. The van der Waals surface area contributed by atoms with Crippen LogP contribution < -0.4 is 5.43 Å². The third-order valence-corrected chi connectivity index (χ3v) is 7.61. The maximum absolute atomic E-state index is 13.4. The van der Waals surface area contributed by atoms with Gasteiger partial charge >= 0.3 is 0 Å². The SMILES string of the molecule is O=c1cc(-c2ccccc2)oc2c([C@@H]3O[C@@H](CO)[C@@H](O)[C@@H](O)[C@@H]3O)c(O)c([C@@H]3O[C@@H](CO)[C@@H](O)[C@@H](O)[C@H]3O)c(O)c12. The normalized spacial score (nSPS) is 34.1. The highest BCUT2D eigenvalue weighted by molar-refractivity contribution is 5.91. The second-order valence-corrected chi connectivity index (χ2v) is 10.1. The summed E-state index contributed by atoms with van der Waals surface area (Å²) in [6.45, 7) is -1.66. The summed E-state index contributed by atoms with van der Waals surface area (Å²) in [5.74, 6) is -1.92. The predicted molar refractivity (Wildman–Crippen MR) is 137 cm³/mol. The highest BCUT2D eigenvalue weighted by Gasteiger charge is 2.50. The lowest BCUT2D eigenvalue weighted by molar-refractivity contribution is -0.234. The molecule has 14 heteroatoms. The molecule has 0 unspecified atom stereocenters. The van der Waals surface area contributed by atoms with Crippen molar-refractivity contribution in [1.82, 2.24) is 0 Å². The van der Waals surface area contributed by atoms with Crippen LogP contribution in [0.5, 0.6) is 11.5 Å². The molecule has 0 bridgehead atoms. The Morgan fingerprint density at radius 1 is 0.659 bits per heavy atom. The van der Waals surface area contributed by atoms with Crippen LogP contribution in [0.3, 0.4) is 0 Å². The Hall–Kier alpha value is -3.15. The van der Waals surface area contributed by atoms with Crippen molar-refractivity contribution >= 4 is 11.0 Å². The van der Waals surface area contributed by atoms with Gasteiger partial charge in [0, 0.05) is 11.6 Å². The molecule has 2 aromatic carbocycles. The molecule has 0 saturated carbocycles. The summed E-state index contributed by atoms with van der Waals surface area (Å²) in [6.07, 6.45) is -17.9. The van der Waals surface area contributed by atoms with Gasteiger partial charge in [-0.3, -0.25) is 4.79 Å². The van der Waals surface area contributed by atoms with E-state index in [9.17, 15) is 55.9 Å². The maximum Gasteiger partial charge on any atom is 0.197 e. The number of hydrogen-bond acceptors (Lipinski definition) is 14. The molecule has 2 aliphatic rings. The van der Waals surface area contributed by atoms with Crippen molar-refractivity contribution in [3.63, 3.8) is 0 Å². The standard InChI is InChI=1S/C27H30O14/c28-7-12-17(31)21(35)23(37)26(40-12)15-19(33)14-10(30)6-11(9-4-2-1-3-5-9)39-25(14)16(20(15)34)27-24(38)22(36)18(32)13(8-29)41-27/h1-6,12-13,17-18,21-24,26-29,31-38H,7-8H2/t12-,13-,17+,18+,21+,22+,23+,24-,26-,27-/m0/s1. The Balaban J connectivity index is 1.82. The zero-order valence-electron chi connectivity index (χ0n) is 21.3. The van der Waals surface area contributed by atoms with Crippen molar-refractivity contribution in [2.75, 3.05) is 13.2 Å². The van der Waals surface area contributed by atoms with Gasteiger partial charge in [0.05, 0.1) is 24.3 Å². The van der Waals surface area contributed by atoms with Crippen LogP contribution in [0.2, 0.25) is 0 Å². The van der Waals surface area contributed by atoms with E-state index in [1.807, 2.05) is 0 Å². The van der Waals surface area contributed by atoms with Gasteiger partial charge in [-0.2, -0.15) is 0 Å². The van der Waals surface area contributed by atoms with E-state index in [2.05, 4.69) is 0 Å². The number of aliphatic hydroxyl groups is 8. The molecule has 3 aromatic rings. The molecule has 2 aliphatic heterocycles. The van der Waals surface area contributed by atoms with E-state index in [0.29, 0.717) is 5.56 Å². The van der Waals surface area contributed by atoms with Crippen molar-refractivity contribution in [1.29, 1.82) is 0 Å². The number of benzene rings is 2. The zero-order valence-corrected chi connectivity index (χ0v) is 21.3. The molecule has 14 nitrogen and oxygen atoms in total. The van der Waals surface area contributed by atoms with Gasteiger partial charge in [-0.15, -0.1) is 0 Å². The van der Waals surface area contributed by atoms with Crippen molar-refractivity contribution in [3.05, 3.63) is 57.7 Å². The maximum atomic E-state index is 13.4. The Labute approximate surface area is 231 Å². The van der Waals surface area contributed by atoms with Crippen LogP contribution >= 0.6 is 0 Å². The minimum Gasteiger partial charge on any atom is -0.507 e. The van der Waals surface area contributed by atoms with Gasteiger partial charge in [-0.1, -0.05) is 30.3 Å². The van der Waals surface area contributed by atoms with Gasteiger partial charge in [-0.25, -0.2) is 0 Å². The lowest BCUT2D eigenvalue weighted by atomic mass is 9.85. The van der Waals surface area contributed by atoms with E-state index >= 15 is 0 Å². The molecular formula is C27H30O14. The zero-order chi connectivity index (χ0) is 29.7.